The van der Waals surface area contributed by atoms with E-state index in [2.05, 4.69) is 23.8 Å². The number of fused-ring (bicyclic) bond motifs is 1. The Balaban J connectivity index is 2.59. The Kier molecular flexibility index (Phi) is 2.70. The van der Waals surface area contributed by atoms with Crippen LogP contribution < -0.4 is 0 Å². The number of hydrogen-bond acceptors (Lipinski definition) is 3. The predicted molar refractivity (Wildman–Crippen MR) is 61.2 cm³/mol. The van der Waals surface area contributed by atoms with Crippen molar-refractivity contribution < 1.29 is 0 Å². The van der Waals surface area contributed by atoms with Crippen LogP contribution >= 0.6 is 22.9 Å². The molecule has 0 atom stereocenters. The fourth-order valence-electron chi connectivity index (χ4n) is 1.38. The van der Waals surface area contributed by atoms with Gasteiger partial charge in [0.1, 0.15) is 15.8 Å². The summed E-state index contributed by atoms with van der Waals surface area (Å²) in [5, 5.41) is 1.57. The van der Waals surface area contributed by atoms with E-state index in [1.807, 2.05) is 6.07 Å². The van der Waals surface area contributed by atoms with Crippen LogP contribution in [-0.4, -0.2) is 9.97 Å². The Morgan fingerprint density at radius 2 is 2.21 bits per heavy atom. The molecule has 0 aliphatic carbocycles. The van der Waals surface area contributed by atoms with Crippen LogP contribution in [-0.2, 0) is 6.42 Å². The summed E-state index contributed by atoms with van der Waals surface area (Å²) in [6.07, 6.45) is 1.94. The minimum atomic E-state index is 0.586. The maximum absolute atomic E-state index is 6.07. The molecule has 2 rings (SSSR count). The van der Waals surface area contributed by atoms with Gasteiger partial charge >= 0.3 is 0 Å². The maximum Gasteiger partial charge on any atom is 0.141 e. The molecule has 0 fully saturated rings. The largest absolute Gasteiger partial charge is 0.222 e. The Labute approximate surface area is 92.0 Å². The van der Waals surface area contributed by atoms with E-state index in [-0.39, 0.29) is 0 Å². The number of thiophene rings is 1. The van der Waals surface area contributed by atoms with E-state index in [0.717, 1.165) is 28.9 Å². The van der Waals surface area contributed by atoms with E-state index in [9.17, 15) is 0 Å². The van der Waals surface area contributed by atoms with E-state index in [4.69, 9.17) is 11.6 Å². The Bertz CT molecular complexity index is 464. The van der Waals surface area contributed by atoms with E-state index < -0.39 is 0 Å². The van der Waals surface area contributed by atoms with Gasteiger partial charge in [0, 0.05) is 16.7 Å². The van der Waals surface area contributed by atoms with Gasteiger partial charge in [-0.05, 0) is 19.4 Å². The second-order valence-corrected chi connectivity index (χ2v) is 4.85. The van der Waals surface area contributed by atoms with Gasteiger partial charge in [-0.3, -0.25) is 0 Å². The van der Waals surface area contributed by atoms with Crippen molar-refractivity contribution in [3.05, 3.63) is 21.9 Å². The number of rotatable bonds is 2. The quantitative estimate of drug-likeness (QED) is 0.732. The summed E-state index contributed by atoms with van der Waals surface area (Å²) in [6, 6.07) is 2.04. The Morgan fingerprint density at radius 3 is 2.93 bits per heavy atom. The first kappa shape index (κ1) is 9.87. The van der Waals surface area contributed by atoms with Crippen molar-refractivity contribution in [3.63, 3.8) is 0 Å². The zero-order valence-corrected chi connectivity index (χ0v) is 9.74. The minimum absolute atomic E-state index is 0.586. The van der Waals surface area contributed by atoms with Gasteiger partial charge in [0.25, 0.3) is 0 Å². The molecule has 0 N–H and O–H groups in total. The molecule has 74 valence electrons. The summed E-state index contributed by atoms with van der Waals surface area (Å²) < 4.78 is 0. The SMILES string of the molecule is CCCc1nc(Cl)c2cc(C)sc2n1. The van der Waals surface area contributed by atoms with Gasteiger partial charge in [-0.15, -0.1) is 11.3 Å². The van der Waals surface area contributed by atoms with Gasteiger partial charge in [-0.1, -0.05) is 18.5 Å². The van der Waals surface area contributed by atoms with Gasteiger partial charge in [-0.2, -0.15) is 0 Å². The number of halogens is 1. The third-order valence-corrected chi connectivity index (χ3v) is 3.22. The zero-order valence-electron chi connectivity index (χ0n) is 8.17. The molecule has 2 aromatic rings. The van der Waals surface area contributed by atoms with Crippen LogP contribution in [0.1, 0.15) is 24.0 Å². The standard InChI is InChI=1S/C10H11ClN2S/c1-3-4-8-12-9(11)7-5-6(2)14-10(7)13-8/h5H,3-4H2,1-2H3. The summed E-state index contributed by atoms with van der Waals surface area (Å²) >= 11 is 7.74. The summed E-state index contributed by atoms with van der Waals surface area (Å²) in [4.78, 5) is 11.0. The normalized spacial score (nSPS) is 11.1. The van der Waals surface area contributed by atoms with Crippen molar-refractivity contribution >= 4 is 33.2 Å². The summed E-state index contributed by atoms with van der Waals surface area (Å²) in [5.74, 6) is 0.854. The van der Waals surface area contributed by atoms with Crippen molar-refractivity contribution in [3.8, 4) is 0 Å². The summed E-state index contributed by atoms with van der Waals surface area (Å²) in [7, 11) is 0. The molecule has 4 heteroatoms. The molecule has 14 heavy (non-hydrogen) atoms. The molecule has 0 spiro atoms. The van der Waals surface area contributed by atoms with Crippen molar-refractivity contribution in [1.82, 2.24) is 9.97 Å². The smallest absolute Gasteiger partial charge is 0.141 e. The fourth-order valence-corrected chi connectivity index (χ4v) is 2.58. The molecule has 0 saturated heterocycles. The molecule has 2 nitrogen and oxygen atoms in total. The fraction of sp³-hybridized carbons (Fsp3) is 0.400. The highest BCUT2D eigenvalue weighted by atomic mass is 35.5. The van der Waals surface area contributed by atoms with E-state index in [0.29, 0.717) is 5.15 Å². The van der Waals surface area contributed by atoms with Crippen LogP contribution in [0.2, 0.25) is 5.15 Å². The average Bonchev–Trinajstić information content (AvgIpc) is 2.47. The number of aryl methyl sites for hydroxylation is 2. The van der Waals surface area contributed by atoms with Gasteiger partial charge < -0.3 is 0 Å². The molecule has 0 aliphatic rings. The van der Waals surface area contributed by atoms with Crippen LogP contribution in [0.3, 0.4) is 0 Å². The van der Waals surface area contributed by atoms with Gasteiger partial charge in [0.15, 0.2) is 0 Å². The Hall–Kier alpha value is -0.670. The van der Waals surface area contributed by atoms with Crippen LogP contribution in [0.15, 0.2) is 6.07 Å². The molecular formula is C10H11ClN2S. The second-order valence-electron chi connectivity index (χ2n) is 3.26. The first-order chi connectivity index (χ1) is 6.70. The molecule has 2 aromatic heterocycles. The van der Waals surface area contributed by atoms with Crippen LogP contribution in [0, 0.1) is 6.92 Å². The van der Waals surface area contributed by atoms with Crippen molar-refractivity contribution in [2.45, 2.75) is 26.7 Å². The molecule has 0 amide bonds. The molecule has 0 radical (unpaired) electrons. The van der Waals surface area contributed by atoms with E-state index >= 15 is 0 Å². The maximum atomic E-state index is 6.07. The summed E-state index contributed by atoms with van der Waals surface area (Å²) in [6.45, 7) is 4.17. The lowest BCUT2D eigenvalue weighted by Gasteiger charge is -1.98. The average molecular weight is 227 g/mol. The van der Waals surface area contributed by atoms with Crippen molar-refractivity contribution in [1.29, 1.82) is 0 Å². The number of nitrogens with zero attached hydrogens (tertiary/aromatic N) is 2. The lowest BCUT2D eigenvalue weighted by atomic mass is 10.3. The van der Waals surface area contributed by atoms with Crippen LogP contribution in [0.4, 0.5) is 0 Å². The highest BCUT2D eigenvalue weighted by Gasteiger charge is 2.07. The highest BCUT2D eigenvalue weighted by Crippen LogP contribution is 2.28. The summed E-state index contributed by atoms with van der Waals surface area (Å²) in [5.41, 5.74) is 0. The third kappa shape index (κ3) is 1.74. The monoisotopic (exact) mass is 226 g/mol. The van der Waals surface area contributed by atoms with E-state index in [1.165, 1.54) is 4.88 Å². The molecule has 0 unspecified atom stereocenters. The van der Waals surface area contributed by atoms with Gasteiger partial charge in [0.2, 0.25) is 0 Å². The number of hydrogen-bond donors (Lipinski definition) is 0. The van der Waals surface area contributed by atoms with Crippen molar-refractivity contribution in [2.75, 3.05) is 0 Å². The first-order valence-electron chi connectivity index (χ1n) is 4.63. The lowest BCUT2D eigenvalue weighted by Crippen LogP contribution is -1.93. The first-order valence-corrected chi connectivity index (χ1v) is 5.82. The zero-order chi connectivity index (χ0) is 10.1. The molecule has 0 bridgehead atoms. The topological polar surface area (TPSA) is 25.8 Å². The molecule has 0 aliphatic heterocycles. The van der Waals surface area contributed by atoms with Gasteiger partial charge in [0.05, 0.1) is 0 Å². The second kappa shape index (κ2) is 3.83. The molecule has 0 aromatic carbocycles. The van der Waals surface area contributed by atoms with Crippen LogP contribution in [0.25, 0.3) is 10.2 Å². The lowest BCUT2D eigenvalue weighted by molar-refractivity contribution is 0.846. The predicted octanol–water partition coefficient (Wildman–Crippen LogP) is 3.61. The van der Waals surface area contributed by atoms with E-state index in [1.54, 1.807) is 11.3 Å². The molecule has 2 heterocycles. The highest BCUT2D eigenvalue weighted by molar-refractivity contribution is 7.18. The molecular weight excluding hydrogens is 216 g/mol. The van der Waals surface area contributed by atoms with Crippen LogP contribution in [0.5, 0.6) is 0 Å². The minimum Gasteiger partial charge on any atom is -0.222 e. The molecule has 0 saturated carbocycles. The number of aromatic nitrogens is 2. The Morgan fingerprint density at radius 1 is 1.43 bits per heavy atom. The van der Waals surface area contributed by atoms with Gasteiger partial charge in [-0.25, -0.2) is 9.97 Å². The third-order valence-electron chi connectivity index (χ3n) is 1.99. The van der Waals surface area contributed by atoms with Crippen molar-refractivity contribution in [2.24, 2.45) is 0 Å².